The lowest BCUT2D eigenvalue weighted by Crippen LogP contribution is -2.11. The van der Waals surface area contributed by atoms with Crippen molar-refractivity contribution >= 4 is 21.7 Å². The third-order valence-electron chi connectivity index (χ3n) is 2.13. The number of ether oxygens (including phenoxy) is 1. The molecule has 8 heteroatoms. The minimum absolute atomic E-state index is 0.127. The van der Waals surface area contributed by atoms with E-state index in [4.69, 9.17) is 10.6 Å². The Morgan fingerprint density at radius 3 is 2.53 bits per heavy atom. The first-order valence-corrected chi connectivity index (χ1v) is 5.76. The van der Waals surface area contributed by atoms with Gasteiger partial charge in [0.05, 0.1) is 4.47 Å². The minimum atomic E-state index is -1.01. The van der Waals surface area contributed by atoms with Gasteiger partial charge in [0, 0.05) is 6.07 Å². The highest BCUT2D eigenvalue weighted by Crippen LogP contribution is 2.31. The SMILES string of the molecule is NNc1nc(Oc2ccc(F)cc2Br)c(F)cc1F. The van der Waals surface area contributed by atoms with Gasteiger partial charge in [0.2, 0.25) is 0 Å². The number of nitrogens with one attached hydrogen (secondary N) is 1. The summed E-state index contributed by atoms with van der Waals surface area (Å²) in [5.41, 5.74) is 1.97. The molecule has 4 nitrogen and oxygen atoms in total. The molecule has 0 saturated carbocycles. The van der Waals surface area contributed by atoms with E-state index in [1.54, 1.807) is 0 Å². The Labute approximate surface area is 114 Å². The Morgan fingerprint density at radius 1 is 1.16 bits per heavy atom. The molecule has 3 N–H and O–H groups in total. The number of hydrazine groups is 1. The summed E-state index contributed by atoms with van der Waals surface area (Å²) < 4.78 is 44.9. The predicted octanol–water partition coefficient (Wildman–Crippen LogP) is 3.34. The molecule has 2 rings (SSSR count). The Morgan fingerprint density at radius 2 is 1.89 bits per heavy atom. The topological polar surface area (TPSA) is 60.2 Å². The largest absolute Gasteiger partial charge is 0.435 e. The number of benzene rings is 1. The van der Waals surface area contributed by atoms with Gasteiger partial charge in [-0.2, -0.15) is 4.98 Å². The molecule has 0 unspecified atom stereocenters. The third-order valence-corrected chi connectivity index (χ3v) is 2.75. The van der Waals surface area contributed by atoms with Crippen LogP contribution in [-0.2, 0) is 0 Å². The summed E-state index contributed by atoms with van der Waals surface area (Å²) in [6, 6.07) is 4.12. The van der Waals surface area contributed by atoms with E-state index in [1.165, 1.54) is 6.07 Å². The van der Waals surface area contributed by atoms with Crippen LogP contribution in [0.3, 0.4) is 0 Å². The second-order valence-electron chi connectivity index (χ2n) is 3.43. The van der Waals surface area contributed by atoms with Crippen molar-refractivity contribution in [1.82, 2.24) is 4.98 Å². The van der Waals surface area contributed by atoms with Crippen molar-refractivity contribution in [2.45, 2.75) is 0 Å². The van der Waals surface area contributed by atoms with E-state index in [0.717, 1.165) is 12.1 Å². The van der Waals surface area contributed by atoms with Gasteiger partial charge in [-0.1, -0.05) is 0 Å². The lowest BCUT2D eigenvalue weighted by molar-refractivity contribution is 0.415. The van der Waals surface area contributed by atoms with Gasteiger partial charge in [-0.15, -0.1) is 0 Å². The van der Waals surface area contributed by atoms with E-state index in [2.05, 4.69) is 20.9 Å². The number of hydrogen-bond donors (Lipinski definition) is 2. The molecule has 0 amide bonds. The van der Waals surface area contributed by atoms with Crippen LogP contribution in [0.15, 0.2) is 28.7 Å². The lowest BCUT2D eigenvalue weighted by atomic mass is 10.3. The second-order valence-corrected chi connectivity index (χ2v) is 4.28. The summed E-state index contributed by atoms with van der Waals surface area (Å²) in [5, 5.41) is 0. The molecule has 0 radical (unpaired) electrons. The summed E-state index contributed by atoms with van der Waals surface area (Å²) in [6.07, 6.45) is 0. The van der Waals surface area contributed by atoms with Gasteiger partial charge in [0.15, 0.2) is 17.5 Å². The number of aromatic nitrogens is 1. The van der Waals surface area contributed by atoms with Crippen molar-refractivity contribution < 1.29 is 17.9 Å². The highest BCUT2D eigenvalue weighted by Gasteiger charge is 2.14. The fraction of sp³-hybridized carbons (Fsp3) is 0. The van der Waals surface area contributed by atoms with Gasteiger partial charge in [-0.3, -0.25) is 0 Å². The molecule has 2 aromatic rings. The highest BCUT2D eigenvalue weighted by molar-refractivity contribution is 9.10. The van der Waals surface area contributed by atoms with Crippen LogP contribution in [0.2, 0.25) is 0 Å². The van der Waals surface area contributed by atoms with Crippen molar-refractivity contribution in [1.29, 1.82) is 0 Å². The summed E-state index contributed by atoms with van der Waals surface area (Å²) in [6.45, 7) is 0. The maximum Gasteiger partial charge on any atom is 0.258 e. The average Bonchev–Trinajstić information content (AvgIpc) is 2.35. The fourth-order valence-corrected chi connectivity index (χ4v) is 1.72. The molecule has 0 aliphatic rings. The first-order chi connectivity index (χ1) is 9.01. The molecule has 1 heterocycles. The van der Waals surface area contributed by atoms with Crippen LogP contribution in [0.25, 0.3) is 0 Å². The lowest BCUT2D eigenvalue weighted by Gasteiger charge is -2.09. The van der Waals surface area contributed by atoms with Crippen molar-refractivity contribution in [3.05, 3.63) is 46.2 Å². The third kappa shape index (κ3) is 2.96. The quantitative estimate of drug-likeness (QED) is 0.668. The molecule has 100 valence electrons. The molecule has 1 aromatic heterocycles. The Hall–Kier alpha value is -1.80. The number of nitrogen functional groups attached to an aromatic ring is 1. The van der Waals surface area contributed by atoms with Crippen molar-refractivity contribution in [3.8, 4) is 11.6 Å². The normalized spacial score (nSPS) is 10.4. The van der Waals surface area contributed by atoms with E-state index < -0.39 is 23.3 Å². The molecular weight excluding hydrogens is 327 g/mol. The molecular formula is C11H7BrF3N3O. The molecule has 0 bridgehead atoms. The van der Waals surface area contributed by atoms with E-state index in [1.807, 2.05) is 5.43 Å². The fourth-order valence-electron chi connectivity index (χ4n) is 1.28. The molecule has 0 aliphatic carbocycles. The maximum absolute atomic E-state index is 13.5. The minimum Gasteiger partial charge on any atom is -0.435 e. The van der Waals surface area contributed by atoms with Gasteiger partial charge in [-0.25, -0.2) is 19.0 Å². The van der Waals surface area contributed by atoms with Crippen molar-refractivity contribution in [2.24, 2.45) is 5.84 Å². The smallest absolute Gasteiger partial charge is 0.258 e. The van der Waals surface area contributed by atoms with Crippen LogP contribution in [0.5, 0.6) is 11.6 Å². The molecule has 0 fully saturated rings. The zero-order chi connectivity index (χ0) is 14.0. The van der Waals surface area contributed by atoms with Crippen molar-refractivity contribution in [2.75, 3.05) is 5.43 Å². The average molecular weight is 334 g/mol. The first kappa shape index (κ1) is 13.6. The number of halogens is 4. The number of anilines is 1. The molecule has 0 aliphatic heterocycles. The predicted molar refractivity (Wildman–Crippen MR) is 66.1 cm³/mol. The molecule has 0 saturated heterocycles. The van der Waals surface area contributed by atoms with E-state index in [9.17, 15) is 13.2 Å². The van der Waals surface area contributed by atoms with Crippen LogP contribution in [0.1, 0.15) is 0 Å². The van der Waals surface area contributed by atoms with E-state index >= 15 is 0 Å². The monoisotopic (exact) mass is 333 g/mol. The first-order valence-electron chi connectivity index (χ1n) is 4.97. The Bertz CT molecular complexity index is 624. The van der Waals surface area contributed by atoms with Crippen molar-refractivity contribution in [3.63, 3.8) is 0 Å². The summed E-state index contributed by atoms with van der Waals surface area (Å²) in [5.74, 6) is 1.85. The zero-order valence-electron chi connectivity index (χ0n) is 9.25. The standard InChI is InChI=1S/C11H7BrF3N3O/c12-6-3-5(13)1-2-9(6)19-11-8(15)4-7(14)10(17-11)18-16/h1-4H,16H2,(H,17,18). The number of nitrogens with zero attached hydrogens (tertiary/aromatic N) is 1. The highest BCUT2D eigenvalue weighted by atomic mass is 79.9. The van der Waals surface area contributed by atoms with Crippen LogP contribution in [0, 0.1) is 17.5 Å². The summed E-state index contributed by atoms with van der Waals surface area (Å²) >= 11 is 3.05. The van der Waals surface area contributed by atoms with Crippen LogP contribution < -0.4 is 16.0 Å². The summed E-state index contributed by atoms with van der Waals surface area (Å²) in [4.78, 5) is 3.53. The Balaban J connectivity index is 2.37. The molecule has 1 aromatic carbocycles. The van der Waals surface area contributed by atoms with Crippen LogP contribution in [0.4, 0.5) is 19.0 Å². The van der Waals surface area contributed by atoms with Crippen LogP contribution >= 0.6 is 15.9 Å². The summed E-state index contributed by atoms with van der Waals surface area (Å²) in [7, 11) is 0. The van der Waals surface area contributed by atoms with Gasteiger partial charge < -0.3 is 10.2 Å². The van der Waals surface area contributed by atoms with Gasteiger partial charge >= 0.3 is 0 Å². The zero-order valence-corrected chi connectivity index (χ0v) is 10.8. The number of rotatable bonds is 3. The number of pyridine rings is 1. The molecule has 0 spiro atoms. The van der Waals surface area contributed by atoms with E-state index in [0.29, 0.717) is 6.07 Å². The second kappa shape index (κ2) is 5.45. The van der Waals surface area contributed by atoms with Gasteiger partial charge in [0.1, 0.15) is 11.6 Å². The number of hydrogen-bond acceptors (Lipinski definition) is 4. The number of nitrogens with two attached hydrogens (primary N) is 1. The van der Waals surface area contributed by atoms with Gasteiger partial charge in [0.25, 0.3) is 5.88 Å². The molecule has 0 atom stereocenters. The Kier molecular flexibility index (Phi) is 3.91. The van der Waals surface area contributed by atoms with Crippen LogP contribution in [-0.4, -0.2) is 4.98 Å². The van der Waals surface area contributed by atoms with E-state index in [-0.39, 0.29) is 16.0 Å². The maximum atomic E-state index is 13.5. The molecule has 19 heavy (non-hydrogen) atoms. The van der Waals surface area contributed by atoms with Gasteiger partial charge in [-0.05, 0) is 34.1 Å².